The molecule has 122 valence electrons. The molecule has 0 aliphatic heterocycles. The van der Waals surface area contributed by atoms with Crippen LogP contribution in [0.25, 0.3) is 32.3 Å². The molecule has 0 saturated heterocycles. The first kappa shape index (κ1) is 15.6. The second kappa shape index (κ2) is 6.54. The van der Waals surface area contributed by atoms with E-state index in [1.807, 2.05) is 42.5 Å². The Morgan fingerprint density at radius 3 is 1.96 bits per heavy atom. The average molecular weight is 344 g/mol. The fourth-order valence-corrected chi connectivity index (χ4v) is 4.18. The number of carbonyl (C=O) groups excluding carboxylic acids is 1. The fourth-order valence-electron chi connectivity index (χ4n) is 3.04. The zero-order valence-electron chi connectivity index (χ0n) is 13.7. The Kier molecular flexibility index (Phi) is 4.08. The molecule has 0 fully saturated rings. The Bertz CT molecular complexity index is 957. The molecule has 1 heterocycles. The summed E-state index contributed by atoms with van der Waals surface area (Å²) in [6.45, 7) is 0. The smallest absolute Gasteiger partial charge is 0.348 e. The molecule has 4 rings (SSSR count). The summed E-state index contributed by atoms with van der Waals surface area (Å²) >= 11 is 1.49. The van der Waals surface area contributed by atoms with E-state index in [0.717, 1.165) is 32.3 Å². The Hall–Kier alpha value is -2.91. The number of rotatable bonds is 3. The van der Waals surface area contributed by atoms with Crippen LogP contribution in [0.2, 0.25) is 0 Å². The lowest BCUT2D eigenvalue weighted by Gasteiger charge is -2.08. The van der Waals surface area contributed by atoms with Gasteiger partial charge in [0.15, 0.2) is 0 Å². The number of carbonyl (C=O) groups is 1. The van der Waals surface area contributed by atoms with Crippen molar-refractivity contribution in [3.63, 3.8) is 0 Å². The Morgan fingerprint density at radius 1 is 0.800 bits per heavy atom. The van der Waals surface area contributed by atoms with Crippen molar-refractivity contribution >= 4 is 27.4 Å². The summed E-state index contributed by atoms with van der Waals surface area (Å²) in [5, 5.41) is 1.08. The van der Waals surface area contributed by atoms with Crippen molar-refractivity contribution in [1.29, 1.82) is 0 Å². The number of hydrogen-bond donors (Lipinski definition) is 0. The van der Waals surface area contributed by atoms with Gasteiger partial charge in [0, 0.05) is 10.1 Å². The second-order valence-electron chi connectivity index (χ2n) is 5.74. The molecule has 1 aromatic heterocycles. The average Bonchev–Trinajstić information content (AvgIpc) is 3.13. The maximum absolute atomic E-state index is 12.1. The first-order valence-electron chi connectivity index (χ1n) is 8.03. The molecule has 0 N–H and O–H groups in total. The maximum Gasteiger partial charge on any atom is 0.348 e. The van der Waals surface area contributed by atoms with Crippen LogP contribution in [0, 0.1) is 0 Å². The zero-order chi connectivity index (χ0) is 17.2. The second-order valence-corrected chi connectivity index (χ2v) is 6.79. The largest absolute Gasteiger partial charge is 0.465 e. The number of ether oxygens (including phenoxy) is 1. The molecule has 25 heavy (non-hydrogen) atoms. The van der Waals surface area contributed by atoms with Gasteiger partial charge in [-0.1, -0.05) is 72.8 Å². The number of benzene rings is 3. The summed E-state index contributed by atoms with van der Waals surface area (Å²) in [7, 11) is 1.42. The number of hydrogen-bond acceptors (Lipinski definition) is 3. The lowest BCUT2D eigenvalue weighted by molar-refractivity contribution is 0.0606. The number of fused-ring (bicyclic) bond motifs is 1. The standard InChI is InChI=1S/C22H16O2S/c1-24-22(23)20-14-19-17(15-8-4-2-5-9-15)12-13-18(21(19)25-20)16-10-6-3-7-11-16/h2-14H,1H3. The minimum absolute atomic E-state index is 0.292. The van der Waals surface area contributed by atoms with Crippen LogP contribution in [0.4, 0.5) is 0 Å². The van der Waals surface area contributed by atoms with Crippen LogP contribution in [0.1, 0.15) is 9.67 Å². The van der Waals surface area contributed by atoms with Crippen molar-refractivity contribution in [1.82, 2.24) is 0 Å². The number of methoxy groups -OCH3 is 1. The lowest BCUT2D eigenvalue weighted by atomic mass is 9.97. The van der Waals surface area contributed by atoms with E-state index in [4.69, 9.17) is 4.74 Å². The van der Waals surface area contributed by atoms with E-state index in [9.17, 15) is 4.79 Å². The van der Waals surface area contributed by atoms with Crippen LogP contribution >= 0.6 is 11.3 Å². The first-order chi connectivity index (χ1) is 12.3. The van der Waals surface area contributed by atoms with Crippen molar-refractivity contribution in [2.45, 2.75) is 0 Å². The predicted octanol–water partition coefficient (Wildman–Crippen LogP) is 6.02. The van der Waals surface area contributed by atoms with E-state index in [0.29, 0.717) is 4.88 Å². The molecule has 2 nitrogen and oxygen atoms in total. The maximum atomic E-state index is 12.1. The minimum Gasteiger partial charge on any atom is -0.465 e. The van der Waals surface area contributed by atoms with E-state index >= 15 is 0 Å². The van der Waals surface area contributed by atoms with Crippen molar-refractivity contribution < 1.29 is 9.53 Å². The molecular weight excluding hydrogens is 328 g/mol. The first-order valence-corrected chi connectivity index (χ1v) is 8.85. The van der Waals surface area contributed by atoms with Crippen LogP contribution in [-0.4, -0.2) is 13.1 Å². The summed E-state index contributed by atoms with van der Waals surface area (Å²) < 4.78 is 6.03. The topological polar surface area (TPSA) is 26.3 Å². The van der Waals surface area contributed by atoms with Gasteiger partial charge in [-0.15, -0.1) is 11.3 Å². The summed E-state index contributed by atoms with van der Waals surface area (Å²) in [6, 6.07) is 26.7. The summed E-state index contributed by atoms with van der Waals surface area (Å²) in [5.41, 5.74) is 4.55. The third-order valence-corrected chi connectivity index (χ3v) is 5.39. The summed E-state index contributed by atoms with van der Waals surface area (Å²) in [5.74, 6) is -0.292. The minimum atomic E-state index is -0.292. The Morgan fingerprint density at radius 2 is 1.36 bits per heavy atom. The van der Waals surface area contributed by atoms with E-state index in [2.05, 4.69) is 36.4 Å². The van der Waals surface area contributed by atoms with Crippen molar-refractivity contribution in [3.8, 4) is 22.3 Å². The van der Waals surface area contributed by atoms with E-state index in [-0.39, 0.29) is 5.97 Å². The van der Waals surface area contributed by atoms with Gasteiger partial charge in [0.25, 0.3) is 0 Å². The van der Waals surface area contributed by atoms with Gasteiger partial charge in [-0.2, -0.15) is 0 Å². The quantitative estimate of drug-likeness (QED) is 0.425. The van der Waals surface area contributed by atoms with Gasteiger partial charge in [0.2, 0.25) is 0 Å². The Labute approximate surface area is 150 Å². The lowest BCUT2D eigenvalue weighted by Crippen LogP contribution is -1.96. The third-order valence-electron chi connectivity index (χ3n) is 4.24. The summed E-state index contributed by atoms with van der Waals surface area (Å²) in [4.78, 5) is 12.7. The molecule has 0 aliphatic rings. The highest BCUT2D eigenvalue weighted by Gasteiger charge is 2.16. The summed E-state index contributed by atoms with van der Waals surface area (Å²) in [6.07, 6.45) is 0. The van der Waals surface area contributed by atoms with Gasteiger partial charge in [-0.25, -0.2) is 4.79 Å². The van der Waals surface area contributed by atoms with E-state index < -0.39 is 0 Å². The highest BCUT2D eigenvalue weighted by atomic mass is 32.1. The third kappa shape index (κ3) is 2.83. The Balaban J connectivity index is 2.00. The SMILES string of the molecule is COC(=O)c1cc2c(-c3ccccc3)ccc(-c3ccccc3)c2s1. The molecule has 4 aromatic rings. The molecule has 0 bridgehead atoms. The molecule has 0 radical (unpaired) electrons. The molecule has 0 atom stereocenters. The zero-order valence-corrected chi connectivity index (χ0v) is 14.5. The highest BCUT2D eigenvalue weighted by Crippen LogP contribution is 2.40. The van der Waals surface area contributed by atoms with Gasteiger partial charge in [-0.3, -0.25) is 0 Å². The fraction of sp³-hybridized carbons (Fsp3) is 0.0455. The van der Waals surface area contributed by atoms with E-state index in [1.165, 1.54) is 18.4 Å². The molecule has 0 amide bonds. The molecule has 0 saturated carbocycles. The van der Waals surface area contributed by atoms with Crippen LogP contribution in [-0.2, 0) is 4.74 Å². The molecule has 0 spiro atoms. The van der Waals surface area contributed by atoms with Crippen LogP contribution < -0.4 is 0 Å². The van der Waals surface area contributed by atoms with Crippen molar-refractivity contribution in [2.24, 2.45) is 0 Å². The van der Waals surface area contributed by atoms with Crippen LogP contribution in [0.5, 0.6) is 0 Å². The van der Waals surface area contributed by atoms with Crippen molar-refractivity contribution in [3.05, 3.63) is 83.7 Å². The van der Waals surface area contributed by atoms with Crippen LogP contribution in [0.3, 0.4) is 0 Å². The molecular formula is C22H16O2S. The van der Waals surface area contributed by atoms with Gasteiger partial charge in [-0.05, 0) is 28.3 Å². The van der Waals surface area contributed by atoms with Gasteiger partial charge >= 0.3 is 5.97 Å². The molecule has 3 heteroatoms. The molecule has 0 aliphatic carbocycles. The van der Waals surface area contributed by atoms with Crippen molar-refractivity contribution in [2.75, 3.05) is 7.11 Å². The monoisotopic (exact) mass is 344 g/mol. The predicted molar refractivity (Wildman–Crippen MR) is 104 cm³/mol. The van der Waals surface area contributed by atoms with Gasteiger partial charge in [0.1, 0.15) is 4.88 Å². The highest BCUT2D eigenvalue weighted by molar-refractivity contribution is 7.21. The van der Waals surface area contributed by atoms with E-state index in [1.54, 1.807) is 0 Å². The number of thiophene rings is 1. The van der Waals surface area contributed by atoms with Gasteiger partial charge < -0.3 is 4.74 Å². The number of esters is 1. The molecule has 3 aromatic carbocycles. The van der Waals surface area contributed by atoms with Crippen LogP contribution in [0.15, 0.2) is 78.9 Å². The normalized spacial score (nSPS) is 10.8. The van der Waals surface area contributed by atoms with Gasteiger partial charge in [0.05, 0.1) is 7.11 Å². The molecule has 0 unspecified atom stereocenters.